The molecule has 0 unspecified atom stereocenters. The highest BCUT2D eigenvalue weighted by atomic mass is 16.2. The molecule has 0 radical (unpaired) electrons. The lowest BCUT2D eigenvalue weighted by atomic mass is 10.6. The Labute approximate surface area is 64.2 Å². The van der Waals surface area contributed by atoms with Gasteiger partial charge in [-0.05, 0) is 17.4 Å². The molecular weight excluding hydrogens is 148 g/mol. The van der Waals surface area contributed by atoms with Crippen LogP contribution in [0.5, 0.6) is 0 Å². The van der Waals surface area contributed by atoms with Crippen LogP contribution in [0.15, 0.2) is 10.4 Å². The van der Waals surface area contributed by atoms with Crippen LogP contribution in [0.2, 0.25) is 0 Å². The number of nitrogens with one attached hydrogen (secondary N) is 1. The first-order valence-electron chi connectivity index (χ1n) is 3.10. The Kier molecular flexibility index (Phi) is 4.63. The van der Waals surface area contributed by atoms with E-state index in [1.165, 1.54) is 6.92 Å². The summed E-state index contributed by atoms with van der Waals surface area (Å²) in [7, 11) is 0. The van der Waals surface area contributed by atoms with Gasteiger partial charge >= 0.3 is 0 Å². The molecule has 0 aliphatic rings. The molecule has 0 spiro atoms. The lowest BCUT2D eigenvalue weighted by molar-refractivity contribution is -0.129. The van der Waals surface area contributed by atoms with Gasteiger partial charge in [0.2, 0.25) is 12.3 Å². The van der Waals surface area contributed by atoms with Gasteiger partial charge in [0.1, 0.15) is 0 Å². The van der Waals surface area contributed by atoms with E-state index in [4.69, 9.17) is 0 Å². The Balaban J connectivity index is 3.86. The van der Waals surface area contributed by atoms with Crippen molar-refractivity contribution < 1.29 is 9.59 Å². The summed E-state index contributed by atoms with van der Waals surface area (Å²) in [4.78, 5) is 20.3. The summed E-state index contributed by atoms with van der Waals surface area (Å²) in [6.45, 7) is 3.55. The van der Waals surface area contributed by atoms with Gasteiger partial charge in [-0.15, -0.1) is 0 Å². The maximum Gasteiger partial charge on any atom is 0.240 e. The molecule has 0 saturated carbocycles. The minimum Gasteiger partial charge on any atom is -0.277 e. The zero-order chi connectivity index (χ0) is 8.69. The molecule has 11 heavy (non-hydrogen) atoms. The molecule has 6 heteroatoms. The van der Waals surface area contributed by atoms with Gasteiger partial charge in [0.15, 0.2) is 0 Å². The van der Waals surface area contributed by atoms with Crippen LogP contribution in [-0.2, 0) is 9.59 Å². The van der Waals surface area contributed by atoms with E-state index < -0.39 is 0 Å². The summed E-state index contributed by atoms with van der Waals surface area (Å²) in [6, 6.07) is 0. The third-order valence-electron chi connectivity index (χ3n) is 0.926. The van der Waals surface area contributed by atoms with E-state index in [0.717, 1.165) is 5.01 Å². The summed E-state index contributed by atoms with van der Waals surface area (Å²) in [5, 5.41) is 7.71. The fraction of sp³-hybridized carbons (Fsp3) is 0.600. The fourth-order valence-corrected chi connectivity index (χ4v) is 0.452. The first-order valence-corrected chi connectivity index (χ1v) is 3.10. The number of amides is 2. The molecule has 0 heterocycles. The molecule has 6 nitrogen and oxygen atoms in total. The van der Waals surface area contributed by atoms with Crippen molar-refractivity contribution in [2.45, 2.75) is 13.8 Å². The maximum atomic E-state index is 10.6. The number of hydrogen-bond acceptors (Lipinski definition) is 4. The standard InChI is InChI=1S/C5H10N4O2/c1-3-9(5(2)11)8-7-6-4-10/h4H,3H2,1-2H3,(H,6,8,10). The van der Waals surface area contributed by atoms with Gasteiger partial charge in [-0.25, -0.2) is 10.4 Å². The number of rotatable bonds is 4. The van der Waals surface area contributed by atoms with Gasteiger partial charge in [0, 0.05) is 13.5 Å². The first-order chi connectivity index (χ1) is 5.22. The third-order valence-corrected chi connectivity index (χ3v) is 0.926. The SMILES string of the molecule is CCN(N=NNC=O)C(C)=O. The van der Waals surface area contributed by atoms with Gasteiger partial charge in [-0.1, -0.05) is 0 Å². The van der Waals surface area contributed by atoms with Gasteiger partial charge in [-0.3, -0.25) is 9.59 Å². The van der Waals surface area contributed by atoms with Crippen molar-refractivity contribution in [2.24, 2.45) is 10.4 Å². The monoisotopic (exact) mass is 158 g/mol. The van der Waals surface area contributed by atoms with E-state index in [1.54, 1.807) is 6.92 Å². The van der Waals surface area contributed by atoms with Crippen molar-refractivity contribution in [2.75, 3.05) is 6.54 Å². The van der Waals surface area contributed by atoms with E-state index >= 15 is 0 Å². The number of carbonyl (C=O) groups excluding carboxylic acids is 2. The van der Waals surface area contributed by atoms with E-state index in [0.29, 0.717) is 13.0 Å². The molecule has 0 aliphatic heterocycles. The van der Waals surface area contributed by atoms with Crippen LogP contribution in [-0.4, -0.2) is 23.9 Å². The fourth-order valence-electron chi connectivity index (χ4n) is 0.452. The van der Waals surface area contributed by atoms with Crippen molar-refractivity contribution in [1.29, 1.82) is 0 Å². The second-order valence-electron chi connectivity index (χ2n) is 1.67. The van der Waals surface area contributed by atoms with E-state index in [-0.39, 0.29) is 5.91 Å². The Morgan fingerprint density at radius 3 is 2.73 bits per heavy atom. The third kappa shape index (κ3) is 4.01. The predicted octanol–water partition coefficient (Wildman–Crippen LogP) is -0.117. The Morgan fingerprint density at radius 2 is 2.36 bits per heavy atom. The molecule has 0 bridgehead atoms. The number of carbonyl (C=O) groups is 2. The molecule has 62 valence electrons. The van der Waals surface area contributed by atoms with Crippen molar-refractivity contribution in [3.8, 4) is 0 Å². The van der Waals surface area contributed by atoms with Crippen LogP contribution in [0.4, 0.5) is 0 Å². The molecule has 0 aromatic carbocycles. The number of hydrogen-bond donors (Lipinski definition) is 1. The smallest absolute Gasteiger partial charge is 0.240 e. The molecule has 0 atom stereocenters. The molecule has 0 aromatic rings. The molecule has 0 aliphatic carbocycles. The summed E-state index contributed by atoms with van der Waals surface area (Å²) < 4.78 is 0. The van der Waals surface area contributed by atoms with Crippen LogP contribution < -0.4 is 5.43 Å². The minimum absolute atomic E-state index is 0.219. The van der Waals surface area contributed by atoms with Gasteiger partial charge in [0.05, 0.1) is 0 Å². The summed E-state index contributed by atoms with van der Waals surface area (Å²) in [5.41, 5.74) is 1.95. The average Bonchev–Trinajstić information content (AvgIpc) is 1.97. The van der Waals surface area contributed by atoms with Gasteiger partial charge in [-0.2, -0.15) is 0 Å². The molecule has 0 aromatic heterocycles. The summed E-state index contributed by atoms with van der Waals surface area (Å²) >= 11 is 0. The van der Waals surface area contributed by atoms with Crippen LogP contribution in [0.1, 0.15) is 13.8 Å². The highest BCUT2D eigenvalue weighted by Crippen LogP contribution is 1.88. The Bertz CT molecular complexity index is 168. The van der Waals surface area contributed by atoms with Crippen molar-refractivity contribution in [1.82, 2.24) is 10.4 Å². The highest BCUT2D eigenvalue weighted by molar-refractivity contribution is 5.72. The van der Waals surface area contributed by atoms with Crippen molar-refractivity contribution in [3.63, 3.8) is 0 Å². The van der Waals surface area contributed by atoms with Crippen LogP contribution in [0.3, 0.4) is 0 Å². The molecule has 0 saturated heterocycles. The van der Waals surface area contributed by atoms with Crippen molar-refractivity contribution in [3.05, 3.63) is 0 Å². The lowest BCUT2D eigenvalue weighted by Gasteiger charge is -2.08. The molecule has 1 N–H and O–H groups in total. The molecule has 2 amide bonds. The summed E-state index contributed by atoms with van der Waals surface area (Å²) in [6.07, 6.45) is 0.372. The minimum atomic E-state index is -0.219. The van der Waals surface area contributed by atoms with Crippen LogP contribution in [0.25, 0.3) is 0 Å². The normalized spacial score (nSPS) is 9.64. The Morgan fingerprint density at radius 1 is 1.73 bits per heavy atom. The highest BCUT2D eigenvalue weighted by Gasteiger charge is 2.01. The molecule has 0 fully saturated rings. The van der Waals surface area contributed by atoms with Gasteiger partial charge in [0.25, 0.3) is 0 Å². The topological polar surface area (TPSA) is 74.1 Å². The van der Waals surface area contributed by atoms with Crippen molar-refractivity contribution >= 4 is 12.3 Å². The summed E-state index contributed by atoms with van der Waals surface area (Å²) in [5.74, 6) is -0.219. The van der Waals surface area contributed by atoms with Crippen LogP contribution >= 0.6 is 0 Å². The van der Waals surface area contributed by atoms with E-state index in [9.17, 15) is 9.59 Å². The molecule has 0 rings (SSSR count). The number of nitrogens with zero attached hydrogens (tertiary/aromatic N) is 3. The van der Waals surface area contributed by atoms with Crippen LogP contribution in [0, 0.1) is 0 Å². The predicted molar refractivity (Wildman–Crippen MR) is 37.1 cm³/mol. The van der Waals surface area contributed by atoms with E-state index in [2.05, 4.69) is 10.4 Å². The zero-order valence-electron chi connectivity index (χ0n) is 6.44. The Hall–Kier alpha value is -1.46. The molecular formula is C5H10N4O2. The first kappa shape index (κ1) is 9.54. The quantitative estimate of drug-likeness (QED) is 0.352. The second-order valence-corrected chi connectivity index (χ2v) is 1.67. The zero-order valence-corrected chi connectivity index (χ0v) is 6.44. The largest absolute Gasteiger partial charge is 0.277 e. The second kappa shape index (κ2) is 5.33. The maximum absolute atomic E-state index is 10.6. The lowest BCUT2D eigenvalue weighted by Crippen LogP contribution is -2.22. The van der Waals surface area contributed by atoms with E-state index in [1.807, 2.05) is 5.43 Å². The average molecular weight is 158 g/mol. The van der Waals surface area contributed by atoms with Gasteiger partial charge < -0.3 is 0 Å².